The van der Waals surface area contributed by atoms with Gasteiger partial charge in [0.1, 0.15) is 0 Å². The number of rotatable bonds is 2. The molecule has 0 saturated heterocycles. The van der Waals surface area contributed by atoms with Crippen LogP contribution in [-0.4, -0.2) is 0 Å². The average molecular weight is 495 g/mol. The van der Waals surface area contributed by atoms with E-state index < -0.39 is 20.8 Å². The molecule has 4 fully saturated rings. The van der Waals surface area contributed by atoms with Gasteiger partial charge in [0, 0.05) is 0 Å². The van der Waals surface area contributed by atoms with Gasteiger partial charge in [0.15, 0.2) is 0 Å². The standard InChI is InChI=1S/C22H38.2CH3.2ClH.Zr/c1-15-12-13-16(14-15)22(2,3)21-19-10-6-4-8-17(19)18-9-5-7-11-20(18)21;;;;;/h15-21H,4-14H2,1-3H3;2*1H3;2*1H;/q;2*-1;;;+4/p-2. The third-order valence-electron chi connectivity index (χ3n) is 8.83. The summed E-state index contributed by atoms with van der Waals surface area (Å²) in [7, 11) is 9.87. The number of hydrogen-bond donors (Lipinski definition) is 0. The molecule has 0 bridgehead atoms. The van der Waals surface area contributed by atoms with Crippen molar-refractivity contribution in [3.63, 3.8) is 0 Å². The van der Waals surface area contributed by atoms with Gasteiger partial charge in [-0.1, -0.05) is 52.9 Å². The average Bonchev–Trinajstić information content (AvgIpc) is 3.18. The first-order valence-electron chi connectivity index (χ1n) is 11.0. The Bertz CT molecular complexity index is 403. The molecule has 0 aliphatic heterocycles. The van der Waals surface area contributed by atoms with E-state index in [4.69, 9.17) is 17.0 Å². The van der Waals surface area contributed by atoms with Crippen LogP contribution in [-0.2, 0) is 20.8 Å². The molecule has 4 aliphatic carbocycles. The molecule has 4 rings (SSSR count). The third-order valence-corrected chi connectivity index (χ3v) is 8.83. The topological polar surface area (TPSA) is 0 Å². The summed E-state index contributed by atoms with van der Waals surface area (Å²) in [6.45, 7) is 7.89. The molecular formula is C24H44Cl2Zr. The predicted molar refractivity (Wildman–Crippen MR) is 119 cm³/mol. The van der Waals surface area contributed by atoms with Crippen molar-refractivity contribution in [2.24, 2.45) is 46.8 Å². The van der Waals surface area contributed by atoms with Gasteiger partial charge < -0.3 is 14.9 Å². The van der Waals surface area contributed by atoms with E-state index in [0.717, 1.165) is 41.4 Å². The summed E-state index contributed by atoms with van der Waals surface area (Å²) in [5.41, 5.74) is 0.613. The summed E-state index contributed by atoms with van der Waals surface area (Å²) in [6.07, 6.45) is 17.0. The molecule has 27 heavy (non-hydrogen) atoms. The summed E-state index contributed by atoms with van der Waals surface area (Å²) < 4.78 is 0. The van der Waals surface area contributed by atoms with Crippen LogP contribution in [0, 0.1) is 61.7 Å². The zero-order valence-corrected chi connectivity index (χ0v) is 22.5. The molecule has 0 aromatic heterocycles. The Hall–Kier alpha value is 1.46. The summed E-state index contributed by atoms with van der Waals surface area (Å²) in [6, 6.07) is 0. The molecule has 3 heteroatoms. The fourth-order valence-electron chi connectivity index (χ4n) is 7.91. The van der Waals surface area contributed by atoms with Gasteiger partial charge in [0.2, 0.25) is 0 Å². The Kier molecular flexibility index (Phi) is 11.5. The second-order valence-corrected chi connectivity index (χ2v) is 14.0. The molecule has 0 radical (unpaired) electrons. The fourth-order valence-corrected chi connectivity index (χ4v) is 7.91. The molecule has 0 nitrogen and oxygen atoms in total. The van der Waals surface area contributed by atoms with Crippen molar-refractivity contribution >= 4 is 17.0 Å². The fraction of sp³-hybridized carbons (Fsp3) is 0.917. The van der Waals surface area contributed by atoms with Crippen molar-refractivity contribution in [3.8, 4) is 0 Å². The van der Waals surface area contributed by atoms with Crippen molar-refractivity contribution in [1.82, 2.24) is 0 Å². The number of halogens is 2. The first kappa shape index (κ1) is 26.5. The third kappa shape index (κ3) is 5.59. The van der Waals surface area contributed by atoms with Crippen LogP contribution in [0.15, 0.2) is 0 Å². The number of hydrogen-bond acceptors (Lipinski definition) is 0. The second kappa shape index (κ2) is 11.7. The van der Waals surface area contributed by atoms with Crippen molar-refractivity contribution < 1.29 is 20.8 Å². The monoisotopic (exact) mass is 492 g/mol. The van der Waals surface area contributed by atoms with Gasteiger partial charge in [-0.25, -0.2) is 0 Å². The normalized spacial score (nSPS) is 40.3. The molecule has 0 heterocycles. The molecule has 0 N–H and O–H groups in total. The molecule has 0 spiro atoms. The van der Waals surface area contributed by atoms with Crippen LogP contribution in [0.1, 0.15) is 91.4 Å². The summed E-state index contributed by atoms with van der Waals surface area (Å²) in [4.78, 5) is 0. The predicted octanol–water partition coefficient (Wildman–Crippen LogP) is 8.97. The molecular weight excluding hydrogens is 450 g/mol. The van der Waals surface area contributed by atoms with Crippen LogP contribution in [0.4, 0.5) is 0 Å². The van der Waals surface area contributed by atoms with Crippen molar-refractivity contribution in [1.29, 1.82) is 0 Å². The Morgan fingerprint density at radius 2 is 1.11 bits per heavy atom. The molecule has 0 aromatic carbocycles. The Morgan fingerprint density at radius 1 is 0.704 bits per heavy atom. The first-order chi connectivity index (χ1) is 12.0. The minimum atomic E-state index is -0.826. The van der Waals surface area contributed by atoms with Crippen molar-refractivity contribution in [2.45, 2.75) is 91.4 Å². The van der Waals surface area contributed by atoms with Crippen LogP contribution in [0.25, 0.3) is 0 Å². The Morgan fingerprint density at radius 3 is 1.48 bits per heavy atom. The molecule has 158 valence electrons. The van der Waals surface area contributed by atoms with Gasteiger partial charge in [-0.05, 0) is 85.4 Å². The van der Waals surface area contributed by atoms with E-state index in [-0.39, 0.29) is 14.9 Å². The van der Waals surface area contributed by atoms with E-state index in [1.807, 2.05) is 0 Å². The van der Waals surface area contributed by atoms with Gasteiger partial charge >= 0.3 is 37.9 Å². The van der Waals surface area contributed by atoms with E-state index in [1.54, 1.807) is 25.7 Å². The summed E-state index contributed by atoms with van der Waals surface area (Å²) in [5.74, 6) is 7.55. The van der Waals surface area contributed by atoms with E-state index in [0.29, 0.717) is 5.41 Å². The van der Waals surface area contributed by atoms with Crippen molar-refractivity contribution in [3.05, 3.63) is 14.9 Å². The van der Waals surface area contributed by atoms with Gasteiger partial charge in [-0.2, -0.15) is 0 Å². The van der Waals surface area contributed by atoms with E-state index >= 15 is 0 Å². The van der Waals surface area contributed by atoms with E-state index in [9.17, 15) is 0 Å². The minimum absolute atomic E-state index is 0. The van der Waals surface area contributed by atoms with Gasteiger partial charge in [0.25, 0.3) is 0 Å². The molecule has 0 aromatic rings. The Labute approximate surface area is 190 Å². The van der Waals surface area contributed by atoms with Gasteiger partial charge in [-0.15, -0.1) is 0 Å². The SMILES string of the molecule is CC1CCC(C(C)(C)C2C3CCCCC3C3CCCCC32)C1.[CH3-].[CH3-].[Cl][Zr+2][Cl]. The van der Waals surface area contributed by atoms with Gasteiger partial charge in [0.05, 0.1) is 0 Å². The molecule has 4 aliphatic rings. The van der Waals surface area contributed by atoms with Crippen molar-refractivity contribution in [2.75, 3.05) is 0 Å². The molecule has 6 unspecified atom stereocenters. The van der Waals surface area contributed by atoms with Crippen LogP contribution in [0.2, 0.25) is 0 Å². The zero-order chi connectivity index (χ0) is 18.0. The first-order valence-corrected chi connectivity index (χ1v) is 17.3. The molecule has 6 atom stereocenters. The molecule has 0 amide bonds. The van der Waals surface area contributed by atoms with Crippen LogP contribution < -0.4 is 0 Å². The van der Waals surface area contributed by atoms with E-state index in [1.165, 1.54) is 44.9 Å². The maximum atomic E-state index is 4.93. The summed E-state index contributed by atoms with van der Waals surface area (Å²) in [5, 5.41) is 0. The summed E-state index contributed by atoms with van der Waals surface area (Å²) >= 11 is -0.826. The number of fused-ring (bicyclic) bond motifs is 3. The molecule has 4 saturated carbocycles. The van der Waals surface area contributed by atoms with Gasteiger partial charge in [-0.3, -0.25) is 0 Å². The second-order valence-electron chi connectivity index (χ2n) is 10.3. The Balaban J connectivity index is 0.000000686. The zero-order valence-electron chi connectivity index (χ0n) is 18.6. The van der Waals surface area contributed by atoms with Crippen LogP contribution >= 0.6 is 17.0 Å². The van der Waals surface area contributed by atoms with Crippen LogP contribution in [0.3, 0.4) is 0 Å². The van der Waals surface area contributed by atoms with Crippen LogP contribution in [0.5, 0.6) is 0 Å². The maximum absolute atomic E-state index is 4.93. The quantitative estimate of drug-likeness (QED) is 0.336. The van der Waals surface area contributed by atoms with E-state index in [2.05, 4.69) is 20.8 Å².